The van der Waals surface area contributed by atoms with E-state index in [1.54, 1.807) is 6.92 Å². The topological polar surface area (TPSA) is 84.9 Å². The highest BCUT2D eigenvalue weighted by Crippen LogP contribution is 2.25. The summed E-state index contributed by atoms with van der Waals surface area (Å²) in [5, 5.41) is 10.2. The molecular weight excluding hydrogens is 346 g/mol. The minimum absolute atomic E-state index is 0.117. The maximum atomic E-state index is 11.9. The molecule has 2 aromatic rings. The maximum Gasteiger partial charge on any atom is 0.306 e. The number of halogens is 1. The predicted molar refractivity (Wildman–Crippen MR) is 86.5 cm³/mol. The Hall–Kier alpha value is -1.38. The average molecular weight is 360 g/mol. The lowest BCUT2D eigenvalue weighted by molar-refractivity contribution is -0.143. The Kier molecular flexibility index (Phi) is 6.41. The van der Waals surface area contributed by atoms with Crippen LogP contribution in [0.1, 0.15) is 24.6 Å². The number of nitrogens with zero attached hydrogens (tertiary/aromatic N) is 2. The van der Waals surface area contributed by atoms with E-state index in [9.17, 15) is 9.59 Å². The zero-order chi connectivity index (χ0) is 15.9. The van der Waals surface area contributed by atoms with E-state index < -0.39 is 0 Å². The lowest BCUT2D eigenvalue weighted by atomic mass is 10.2. The number of aromatic amines is 1. The van der Waals surface area contributed by atoms with Crippen LogP contribution >= 0.6 is 34.7 Å². The van der Waals surface area contributed by atoms with Crippen LogP contribution in [0.2, 0.25) is 4.34 Å². The number of aromatic nitrogens is 3. The number of aryl methyl sites for hydroxylation is 1. The second-order valence-electron chi connectivity index (χ2n) is 4.26. The quantitative estimate of drug-likeness (QED) is 0.604. The van der Waals surface area contributed by atoms with Gasteiger partial charge in [-0.2, -0.15) is 0 Å². The van der Waals surface area contributed by atoms with Crippen molar-refractivity contribution in [2.24, 2.45) is 0 Å². The summed E-state index contributed by atoms with van der Waals surface area (Å²) in [6.45, 7) is 2.06. The summed E-state index contributed by atoms with van der Waals surface area (Å²) >= 11 is 8.68. The zero-order valence-electron chi connectivity index (χ0n) is 11.8. The average Bonchev–Trinajstić information content (AvgIpc) is 2.90. The third kappa shape index (κ3) is 5.11. The first-order valence-electron chi connectivity index (χ1n) is 6.55. The first-order chi connectivity index (χ1) is 10.6. The van der Waals surface area contributed by atoms with Gasteiger partial charge < -0.3 is 4.74 Å². The van der Waals surface area contributed by atoms with Crippen molar-refractivity contribution in [1.29, 1.82) is 0 Å². The maximum absolute atomic E-state index is 11.9. The van der Waals surface area contributed by atoms with Gasteiger partial charge >= 0.3 is 5.97 Å². The van der Waals surface area contributed by atoms with Crippen LogP contribution in [0, 0.1) is 0 Å². The van der Waals surface area contributed by atoms with Crippen molar-refractivity contribution in [1.82, 2.24) is 15.2 Å². The minimum atomic E-state index is -0.350. The van der Waals surface area contributed by atoms with E-state index in [1.165, 1.54) is 23.1 Å². The summed E-state index contributed by atoms with van der Waals surface area (Å²) in [6, 6.07) is 1.87. The number of hydrogen-bond donors (Lipinski definition) is 1. The van der Waals surface area contributed by atoms with E-state index in [4.69, 9.17) is 16.3 Å². The molecule has 6 nitrogen and oxygen atoms in total. The number of thioether (sulfide) groups is 1. The molecule has 2 rings (SSSR count). The van der Waals surface area contributed by atoms with Gasteiger partial charge in [0.1, 0.15) is 5.69 Å². The smallest absolute Gasteiger partial charge is 0.306 e. The van der Waals surface area contributed by atoms with Gasteiger partial charge in [-0.05, 0) is 23.9 Å². The second-order valence-corrected chi connectivity index (χ2v) is 6.77. The van der Waals surface area contributed by atoms with Crippen LogP contribution in [0.3, 0.4) is 0 Å². The van der Waals surface area contributed by atoms with Crippen molar-refractivity contribution in [3.05, 3.63) is 37.4 Å². The molecule has 2 heterocycles. The number of esters is 1. The Morgan fingerprint density at radius 1 is 1.50 bits per heavy atom. The van der Waals surface area contributed by atoms with Crippen LogP contribution < -0.4 is 5.56 Å². The highest BCUT2D eigenvalue weighted by molar-refractivity contribution is 7.98. The van der Waals surface area contributed by atoms with Crippen LogP contribution in [-0.4, -0.2) is 27.8 Å². The molecule has 9 heteroatoms. The minimum Gasteiger partial charge on any atom is -0.466 e. The molecule has 0 atom stereocenters. The van der Waals surface area contributed by atoms with E-state index in [2.05, 4.69) is 15.2 Å². The van der Waals surface area contributed by atoms with Gasteiger partial charge in [0.2, 0.25) is 0 Å². The Labute approximate surface area is 140 Å². The number of nitrogens with one attached hydrogen (secondary N) is 1. The first-order valence-corrected chi connectivity index (χ1v) is 8.80. The highest BCUT2D eigenvalue weighted by Gasteiger charge is 2.09. The number of thiophene rings is 1. The van der Waals surface area contributed by atoms with Crippen molar-refractivity contribution < 1.29 is 9.53 Å². The number of H-pyrrole nitrogens is 1. The molecule has 0 saturated heterocycles. The second kappa shape index (κ2) is 8.30. The lowest BCUT2D eigenvalue weighted by Gasteiger charge is -2.02. The van der Waals surface area contributed by atoms with E-state index in [-0.39, 0.29) is 30.1 Å². The van der Waals surface area contributed by atoms with E-state index in [1.807, 2.05) is 11.4 Å². The molecule has 0 aromatic carbocycles. The Morgan fingerprint density at radius 2 is 2.32 bits per heavy atom. The van der Waals surface area contributed by atoms with Gasteiger partial charge in [0.25, 0.3) is 5.56 Å². The van der Waals surface area contributed by atoms with Crippen LogP contribution in [0.5, 0.6) is 0 Å². The molecule has 1 N–H and O–H groups in total. The van der Waals surface area contributed by atoms with Crippen molar-refractivity contribution in [2.45, 2.75) is 30.7 Å². The summed E-state index contributed by atoms with van der Waals surface area (Å²) in [5.74, 6) is 0.298. The van der Waals surface area contributed by atoms with Crippen molar-refractivity contribution in [3.63, 3.8) is 0 Å². The van der Waals surface area contributed by atoms with Gasteiger partial charge in [0.05, 0.1) is 17.4 Å². The van der Waals surface area contributed by atoms with Crippen molar-refractivity contribution in [3.8, 4) is 0 Å². The summed E-state index contributed by atoms with van der Waals surface area (Å²) < 4.78 is 5.53. The third-order valence-electron chi connectivity index (χ3n) is 2.61. The molecule has 0 saturated carbocycles. The Morgan fingerprint density at radius 3 is 2.95 bits per heavy atom. The molecule has 0 aliphatic heterocycles. The van der Waals surface area contributed by atoms with Gasteiger partial charge in [-0.3, -0.25) is 14.6 Å². The van der Waals surface area contributed by atoms with E-state index >= 15 is 0 Å². The van der Waals surface area contributed by atoms with Crippen molar-refractivity contribution >= 4 is 40.7 Å². The summed E-state index contributed by atoms with van der Waals surface area (Å²) in [6.07, 6.45) is 0.331. The zero-order valence-corrected chi connectivity index (χ0v) is 14.2. The number of carbonyl (C=O) groups is 1. The van der Waals surface area contributed by atoms with Crippen molar-refractivity contribution in [2.75, 3.05) is 6.61 Å². The normalized spacial score (nSPS) is 10.6. The van der Waals surface area contributed by atoms with Gasteiger partial charge in [0.15, 0.2) is 5.16 Å². The molecule has 0 aliphatic rings. The van der Waals surface area contributed by atoms with Gasteiger partial charge in [-0.25, -0.2) is 0 Å². The molecule has 0 aliphatic carbocycles. The molecule has 0 fully saturated rings. The van der Waals surface area contributed by atoms with Gasteiger partial charge in [0, 0.05) is 12.2 Å². The number of hydrogen-bond acceptors (Lipinski definition) is 7. The molecule has 2 aromatic heterocycles. The monoisotopic (exact) mass is 359 g/mol. The highest BCUT2D eigenvalue weighted by atomic mass is 35.5. The molecular formula is C13H14ClN3O3S2. The Balaban J connectivity index is 1.91. The SMILES string of the molecule is CCOC(=O)CCc1nnc(SCc2csc(Cl)c2)[nH]c1=O. The predicted octanol–water partition coefficient (Wildman–Crippen LogP) is 2.67. The standard InChI is InChI=1S/C13H14ClN3O3S2/c1-2-20-11(18)4-3-9-12(19)15-13(17-16-9)22-7-8-5-10(14)21-6-8/h5-6H,2-4,7H2,1H3,(H,15,17,19). The van der Waals surface area contributed by atoms with Gasteiger partial charge in [-0.15, -0.1) is 21.5 Å². The summed E-state index contributed by atoms with van der Waals surface area (Å²) in [4.78, 5) is 25.8. The van der Waals surface area contributed by atoms with Crippen LogP contribution in [0.15, 0.2) is 21.4 Å². The largest absolute Gasteiger partial charge is 0.466 e. The molecule has 0 amide bonds. The summed E-state index contributed by atoms with van der Waals surface area (Å²) in [7, 11) is 0. The van der Waals surface area contributed by atoms with E-state index in [0.29, 0.717) is 17.5 Å². The lowest BCUT2D eigenvalue weighted by Crippen LogP contribution is -2.19. The molecule has 0 bridgehead atoms. The number of ether oxygens (including phenoxy) is 1. The van der Waals surface area contributed by atoms with Crippen LogP contribution in [-0.2, 0) is 21.7 Å². The number of carbonyl (C=O) groups excluding carboxylic acids is 1. The molecule has 118 valence electrons. The molecule has 0 radical (unpaired) electrons. The van der Waals surface area contributed by atoms with Gasteiger partial charge in [-0.1, -0.05) is 23.4 Å². The van der Waals surface area contributed by atoms with Crippen LogP contribution in [0.4, 0.5) is 0 Å². The van der Waals surface area contributed by atoms with Crippen LogP contribution in [0.25, 0.3) is 0 Å². The van der Waals surface area contributed by atoms with E-state index in [0.717, 1.165) is 9.90 Å². The third-order valence-corrected chi connectivity index (χ3v) is 4.69. The fourth-order valence-electron chi connectivity index (χ4n) is 1.60. The fourth-order valence-corrected chi connectivity index (χ4v) is 3.35. The molecule has 0 unspecified atom stereocenters. The molecule has 0 spiro atoms. The summed E-state index contributed by atoms with van der Waals surface area (Å²) in [5.41, 5.74) is 0.968. The molecule has 22 heavy (non-hydrogen) atoms. The number of rotatable bonds is 7. The fraction of sp³-hybridized carbons (Fsp3) is 0.385. The first kappa shape index (κ1) is 17.0. The Bertz CT molecular complexity index is 702.